The Kier molecular flexibility index (Phi) is 5.01. The van der Waals surface area contributed by atoms with E-state index in [0.29, 0.717) is 18.5 Å². The maximum Gasteiger partial charge on any atom is 0.269 e. The van der Waals surface area contributed by atoms with E-state index in [1.165, 1.54) is 18.2 Å². The van der Waals surface area contributed by atoms with Crippen molar-refractivity contribution in [3.05, 3.63) is 58.1 Å². The summed E-state index contributed by atoms with van der Waals surface area (Å²) in [4.78, 5) is 25.2. The third-order valence-corrected chi connectivity index (χ3v) is 7.62. The zero-order valence-corrected chi connectivity index (χ0v) is 17.4. The van der Waals surface area contributed by atoms with Crippen LogP contribution >= 0.6 is 15.9 Å². The van der Waals surface area contributed by atoms with Crippen molar-refractivity contribution in [2.24, 2.45) is 0 Å². The molecule has 0 atom stereocenters. The summed E-state index contributed by atoms with van der Waals surface area (Å²) < 4.78 is 28.0. The number of nitrogens with zero attached hydrogens (tertiary/aromatic N) is 1. The predicted octanol–water partition coefficient (Wildman–Crippen LogP) is 4.18. The van der Waals surface area contributed by atoms with Gasteiger partial charge < -0.3 is 5.32 Å². The van der Waals surface area contributed by atoms with Crippen molar-refractivity contribution < 1.29 is 18.0 Å². The zero-order chi connectivity index (χ0) is 19.9. The Morgan fingerprint density at radius 2 is 1.71 bits per heavy atom. The molecule has 2 aromatic carbocycles. The van der Waals surface area contributed by atoms with E-state index in [4.69, 9.17) is 0 Å². The van der Waals surface area contributed by atoms with Gasteiger partial charge in [-0.25, -0.2) is 12.7 Å². The summed E-state index contributed by atoms with van der Waals surface area (Å²) in [6.45, 7) is 0. The number of nitrogens with one attached hydrogen (secondary N) is 1. The number of halogens is 1. The van der Waals surface area contributed by atoms with Gasteiger partial charge in [0.05, 0.1) is 5.56 Å². The first-order valence-corrected chi connectivity index (χ1v) is 11.4. The van der Waals surface area contributed by atoms with E-state index in [2.05, 4.69) is 21.2 Å². The minimum atomic E-state index is -3.93. The summed E-state index contributed by atoms with van der Waals surface area (Å²) in [5.74, 6) is -0.911. The van der Waals surface area contributed by atoms with Gasteiger partial charge in [0.2, 0.25) is 0 Å². The Morgan fingerprint density at radius 3 is 2.39 bits per heavy atom. The van der Waals surface area contributed by atoms with Gasteiger partial charge >= 0.3 is 0 Å². The minimum Gasteiger partial charge on any atom is -0.322 e. The molecule has 0 unspecified atom stereocenters. The van der Waals surface area contributed by atoms with E-state index in [1.807, 2.05) is 0 Å². The number of hydrogen-bond acceptors (Lipinski definition) is 4. The first-order valence-electron chi connectivity index (χ1n) is 9.17. The van der Waals surface area contributed by atoms with Crippen LogP contribution in [0.3, 0.4) is 0 Å². The number of amides is 2. The fourth-order valence-electron chi connectivity index (χ4n) is 3.80. The van der Waals surface area contributed by atoms with Crippen LogP contribution in [0.2, 0.25) is 0 Å². The molecule has 0 radical (unpaired) electrons. The molecule has 1 aliphatic carbocycles. The quantitative estimate of drug-likeness (QED) is 0.741. The van der Waals surface area contributed by atoms with Gasteiger partial charge in [-0.1, -0.05) is 35.2 Å². The molecule has 0 spiro atoms. The fourth-order valence-corrected chi connectivity index (χ4v) is 5.91. The molecule has 0 saturated heterocycles. The van der Waals surface area contributed by atoms with Crippen LogP contribution in [0.4, 0.5) is 5.69 Å². The van der Waals surface area contributed by atoms with Gasteiger partial charge in [-0.05, 0) is 55.3 Å². The lowest BCUT2D eigenvalue weighted by atomic mass is 9.95. The highest BCUT2D eigenvalue weighted by Crippen LogP contribution is 2.36. The first-order chi connectivity index (χ1) is 13.4. The summed E-state index contributed by atoms with van der Waals surface area (Å²) in [6.07, 6.45) is 4.28. The number of fused-ring (bicyclic) bond motifs is 1. The molecule has 1 fully saturated rings. The van der Waals surface area contributed by atoms with Gasteiger partial charge in [-0.3, -0.25) is 9.59 Å². The second-order valence-electron chi connectivity index (χ2n) is 7.07. The van der Waals surface area contributed by atoms with Gasteiger partial charge in [-0.2, -0.15) is 0 Å². The average Bonchev–Trinajstić information content (AvgIpc) is 2.89. The number of carbonyl (C=O) groups excluding carboxylic acids is 2. The number of benzene rings is 2. The standard InChI is InChI=1S/C20H19BrN2O4S/c21-14-7-9-15(10-8-14)22-19(24)13-6-11-17-18(12-13)28(26,27)23(20(17)25)16-4-2-1-3-5-16/h6-12,16H,1-5H2,(H,22,24). The number of sulfonamides is 1. The molecule has 6 nitrogen and oxygen atoms in total. The van der Waals surface area contributed by atoms with Gasteiger partial charge in [0.15, 0.2) is 0 Å². The van der Waals surface area contributed by atoms with Crippen molar-refractivity contribution in [1.29, 1.82) is 0 Å². The molecule has 28 heavy (non-hydrogen) atoms. The maximum absolute atomic E-state index is 13.0. The Hall–Kier alpha value is -2.19. The van der Waals surface area contributed by atoms with Crippen LogP contribution in [-0.4, -0.2) is 30.6 Å². The van der Waals surface area contributed by atoms with Gasteiger partial charge in [-0.15, -0.1) is 0 Å². The molecule has 1 saturated carbocycles. The lowest BCUT2D eigenvalue weighted by Crippen LogP contribution is -2.40. The molecule has 146 valence electrons. The van der Waals surface area contributed by atoms with Gasteiger partial charge in [0, 0.05) is 21.8 Å². The van der Waals surface area contributed by atoms with Crippen LogP contribution in [0.1, 0.15) is 52.8 Å². The van der Waals surface area contributed by atoms with Crippen LogP contribution in [0.5, 0.6) is 0 Å². The molecular formula is C20H19BrN2O4S. The Labute approximate surface area is 172 Å². The highest BCUT2D eigenvalue weighted by atomic mass is 79.9. The third-order valence-electron chi connectivity index (χ3n) is 5.22. The molecule has 2 aromatic rings. The van der Waals surface area contributed by atoms with Crippen molar-refractivity contribution in [2.75, 3.05) is 5.32 Å². The monoisotopic (exact) mass is 462 g/mol. The fraction of sp³-hybridized carbons (Fsp3) is 0.300. The van der Waals surface area contributed by atoms with Crippen molar-refractivity contribution in [3.63, 3.8) is 0 Å². The van der Waals surface area contributed by atoms with Crippen LogP contribution in [0.25, 0.3) is 0 Å². The van der Waals surface area contributed by atoms with E-state index in [1.54, 1.807) is 24.3 Å². The lowest BCUT2D eigenvalue weighted by molar-refractivity contribution is 0.0809. The SMILES string of the molecule is O=C(Nc1ccc(Br)cc1)c1ccc2c(c1)S(=O)(=O)N(C1CCCCC1)C2=O. The number of anilines is 1. The summed E-state index contributed by atoms with van der Waals surface area (Å²) >= 11 is 3.33. The normalized spacial score (nSPS) is 18.8. The third kappa shape index (κ3) is 3.35. The summed E-state index contributed by atoms with van der Waals surface area (Å²) in [5, 5.41) is 2.74. The van der Waals surface area contributed by atoms with Crippen LogP contribution in [0.15, 0.2) is 51.8 Å². The van der Waals surface area contributed by atoms with Crippen LogP contribution in [-0.2, 0) is 10.0 Å². The largest absolute Gasteiger partial charge is 0.322 e. The van der Waals surface area contributed by atoms with Gasteiger partial charge in [0.1, 0.15) is 4.90 Å². The Morgan fingerprint density at radius 1 is 1.04 bits per heavy atom. The van der Waals surface area contributed by atoms with E-state index in [-0.39, 0.29) is 22.1 Å². The number of hydrogen-bond donors (Lipinski definition) is 1. The second kappa shape index (κ2) is 7.33. The molecule has 1 heterocycles. The molecule has 4 rings (SSSR count). The summed E-state index contributed by atoms with van der Waals surface area (Å²) in [7, 11) is -3.93. The van der Waals surface area contributed by atoms with Crippen molar-refractivity contribution >= 4 is 43.5 Å². The lowest BCUT2D eigenvalue weighted by Gasteiger charge is -2.29. The van der Waals surface area contributed by atoms with E-state index in [0.717, 1.165) is 28.0 Å². The Bertz CT molecular complexity index is 1040. The topological polar surface area (TPSA) is 83.6 Å². The predicted molar refractivity (Wildman–Crippen MR) is 109 cm³/mol. The molecule has 2 amide bonds. The highest BCUT2D eigenvalue weighted by Gasteiger charge is 2.45. The van der Waals surface area contributed by atoms with Gasteiger partial charge in [0.25, 0.3) is 21.8 Å². The smallest absolute Gasteiger partial charge is 0.269 e. The summed E-state index contributed by atoms with van der Waals surface area (Å²) in [6, 6.07) is 11.0. The van der Waals surface area contributed by atoms with Crippen molar-refractivity contribution in [3.8, 4) is 0 Å². The minimum absolute atomic E-state index is 0.0773. The molecule has 2 aliphatic rings. The molecular weight excluding hydrogens is 444 g/mol. The van der Waals surface area contributed by atoms with Crippen molar-refractivity contribution in [2.45, 2.75) is 43.0 Å². The number of rotatable bonds is 3. The van der Waals surface area contributed by atoms with E-state index >= 15 is 0 Å². The molecule has 8 heteroatoms. The molecule has 0 aromatic heterocycles. The number of carbonyl (C=O) groups is 2. The first kappa shape index (κ1) is 19.1. The van der Waals surface area contributed by atoms with Crippen LogP contribution < -0.4 is 5.32 Å². The molecule has 0 bridgehead atoms. The molecule has 1 N–H and O–H groups in total. The molecule has 1 aliphatic heterocycles. The second-order valence-corrected chi connectivity index (χ2v) is 9.77. The zero-order valence-electron chi connectivity index (χ0n) is 15.0. The van der Waals surface area contributed by atoms with E-state index < -0.39 is 21.8 Å². The Balaban J connectivity index is 1.63. The average molecular weight is 463 g/mol. The maximum atomic E-state index is 13.0. The van der Waals surface area contributed by atoms with Crippen molar-refractivity contribution in [1.82, 2.24) is 4.31 Å². The highest BCUT2D eigenvalue weighted by molar-refractivity contribution is 9.10. The summed E-state index contributed by atoms with van der Waals surface area (Å²) in [5.41, 5.74) is 0.936. The van der Waals surface area contributed by atoms with Crippen LogP contribution in [0, 0.1) is 0 Å². The van der Waals surface area contributed by atoms with E-state index in [9.17, 15) is 18.0 Å².